The van der Waals surface area contributed by atoms with E-state index in [1.54, 1.807) is 12.1 Å². The summed E-state index contributed by atoms with van der Waals surface area (Å²) in [6.07, 6.45) is 2.08. The summed E-state index contributed by atoms with van der Waals surface area (Å²) in [5.41, 5.74) is 3.78. The van der Waals surface area contributed by atoms with Gasteiger partial charge in [0.05, 0.1) is 25.9 Å². The van der Waals surface area contributed by atoms with Crippen molar-refractivity contribution in [1.29, 1.82) is 0 Å². The summed E-state index contributed by atoms with van der Waals surface area (Å²) in [6.45, 7) is 4.83. The molecule has 0 bridgehead atoms. The number of ether oxygens (including phenoxy) is 2. The van der Waals surface area contributed by atoms with Gasteiger partial charge in [-0.05, 0) is 72.5 Å². The second kappa shape index (κ2) is 16.5. The van der Waals surface area contributed by atoms with E-state index in [4.69, 9.17) is 9.47 Å². The number of amides is 1. The maximum atomic E-state index is 12.2. The molecule has 0 aliphatic heterocycles. The van der Waals surface area contributed by atoms with Crippen LogP contribution >= 0.6 is 0 Å². The highest BCUT2D eigenvalue weighted by atomic mass is 16.5. The van der Waals surface area contributed by atoms with E-state index in [0.29, 0.717) is 56.1 Å². The number of phenols is 1. The first-order chi connectivity index (χ1) is 19.0. The maximum Gasteiger partial charge on any atom is 0.251 e. The number of benzene rings is 3. The van der Waals surface area contributed by atoms with Crippen LogP contribution in [-0.4, -0.2) is 54.1 Å². The third-order valence-corrected chi connectivity index (χ3v) is 6.28. The van der Waals surface area contributed by atoms with Crippen molar-refractivity contribution in [3.63, 3.8) is 0 Å². The Morgan fingerprint density at radius 1 is 0.974 bits per heavy atom. The minimum absolute atomic E-state index is 0.0205. The number of carbonyl (C=O) groups excluding carboxylic acids is 1. The zero-order valence-electron chi connectivity index (χ0n) is 22.6. The third-order valence-electron chi connectivity index (χ3n) is 6.28. The van der Waals surface area contributed by atoms with Crippen molar-refractivity contribution >= 4 is 5.91 Å². The Bertz CT molecular complexity index is 1150. The SMILES string of the molecule is CCCCNC(=O)c1cccc(COCCOc2ccc(CCNC[C@@H](O)c3ccc(O)c(CO)c3)cc2)c1. The zero-order chi connectivity index (χ0) is 27.9. The molecule has 210 valence electrons. The van der Waals surface area contributed by atoms with Crippen molar-refractivity contribution in [2.45, 2.75) is 45.5 Å². The fraction of sp³-hybridized carbons (Fsp3) is 0.387. The van der Waals surface area contributed by atoms with Crippen molar-refractivity contribution in [1.82, 2.24) is 10.6 Å². The predicted octanol–water partition coefficient (Wildman–Crippen LogP) is 3.88. The number of carbonyl (C=O) groups is 1. The molecule has 5 N–H and O–H groups in total. The molecule has 3 aromatic rings. The fourth-order valence-electron chi connectivity index (χ4n) is 3.97. The summed E-state index contributed by atoms with van der Waals surface area (Å²) in [7, 11) is 0. The molecular weight excluding hydrogens is 496 g/mol. The Hall–Kier alpha value is -3.43. The number of unbranched alkanes of at least 4 members (excludes halogenated alkanes) is 1. The lowest BCUT2D eigenvalue weighted by Gasteiger charge is -2.14. The molecule has 1 atom stereocenters. The highest BCUT2D eigenvalue weighted by molar-refractivity contribution is 5.94. The average Bonchev–Trinajstić information content (AvgIpc) is 2.96. The fourth-order valence-corrected chi connectivity index (χ4v) is 3.97. The van der Waals surface area contributed by atoms with E-state index in [2.05, 4.69) is 17.6 Å². The molecule has 0 radical (unpaired) electrons. The highest BCUT2D eigenvalue weighted by Gasteiger charge is 2.10. The predicted molar refractivity (Wildman–Crippen MR) is 151 cm³/mol. The third kappa shape index (κ3) is 10.3. The van der Waals surface area contributed by atoms with Gasteiger partial charge in [0.15, 0.2) is 0 Å². The van der Waals surface area contributed by atoms with Crippen LogP contribution in [0.15, 0.2) is 66.7 Å². The average molecular weight is 537 g/mol. The molecule has 0 saturated heterocycles. The van der Waals surface area contributed by atoms with Gasteiger partial charge in [0.25, 0.3) is 5.91 Å². The molecule has 1 amide bonds. The van der Waals surface area contributed by atoms with E-state index in [9.17, 15) is 20.1 Å². The quantitative estimate of drug-likeness (QED) is 0.166. The lowest BCUT2D eigenvalue weighted by molar-refractivity contribution is 0.0886. The second-order valence-corrected chi connectivity index (χ2v) is 9.37. The molecule has 8 heteroatoms. The van der Waals surface area contributed by atoms with Crippen molar-refractivity contribution in [3.8, 4) is 11.5 Å². The van der Waals surface area contributed by atoms with Crippen LogP contribution in [0.2, 0.25) is 0 Å². The van der Waals surface area contributed by atoms with Crippen LogP contribution in [0, 0.1) is 0 Å². The van der Waals surface area contributed by atoms with Crippen molar-refractivity contribution in [2.75, 3.05) is 32.8 Å². The molecule has 0 aliphatic rings. The molecule has 0 saturated carbocycles. The van der Waals surface area contributed by atoms with Crippen LogP contribution in [-0.2, 0) is 24.4 Å². The Morgan fingerprint density at radius 3 is 2.56 bits per heavy atom. The number of aliphatic hydroxyl groups excluding tert-OH is 2. The number of nitrogens with one attached hydrogen (secondary N) is 2. The number of aromatic hydroxyl groups is 1. The van der Waals surface area contributed by atoms with Gasteiger partial charge in [0.1, 0.15) is 18.1 Å². The van der Waals surface area contributed by atoms with Crippen molar-refractivity contribution in [2.24, 2.45) is 0 Å². The smallest absolute Gasteiger partial charge is 0.251 e. The Labute approximate surface area is 230 Å². The lowest BCUT2D eigenvalue weighted by Crippen LogP contribution is -2.24. The molecule has 39 heavy (non-hydrogen) atoms. The van der Waals surface area contributed by atoms with E-state index >= 15 is 0 Å². The molecule has 0 heterocycles. The van der Waals surface area contributed by atoms with E-state index in [1.165, 1.54) is 6.07 Å². The van der Waals surface area contributed by atoms with Crippen LogP contribution in [0.1, 0.15) is 58.5 Å². The van der Waals surface area contributed by atoms with Gasteiger partial charge in [-0.1, -0.05) is 43.7 Å². The molecule has 0 spiro atoms. The highest BCUT2D eigenvalue weighted by Crippen LogP contribution is 2.22. The van der Waals surface area contributed by atoms with E-state index in [1.807, 2.05) is 48.5 Å². The molecular formula is C31H40N2O6. The lowest BCUT2D eigenvalue weighted by atomic mass is 10.1. The zero-order valence-corrected chi connectivity index (χ0v) is 22.6. The summed E-state index contributed by atoms with van der Waals surface area (Å²) in [5, 5.41) is 35.4. The van der Waals surface area contributed by atoms with Gasteiger partial charge in [-0.25, -0.2) is 0 Å². The Morgan fingerprint density at radius 2 is 1.79 bits per heavy atom. The molecule has 0 aliphatic carbocycles. The van der Waals surface area contributed by atoms with Gasteiger partial charge >= 0.3 is 0 Å². The number of aliphatic hydroxyl groups is 2. The minimum atomic E-state index is -0.729. The van der Waals surface area contributed by atoms with Crippen molar-refractivity contribution < 1.29 is 29.6 Å². The normalized spacial score (nSPS) is 11.8. The maximum absolute atomic E-state index is 12.2. The van der Waals surface area contributed by atoms with E-state index < -0.39 is 6.10 Å². The minimum Gasteiger partial charge on any atom is -0.508 e. The Kier molecular flexibility index (Phi) is 12.8. The molecule has 0 fully saturated rings. The van der Waals surface area contributed by atoms with Gasteiger partial charge in [0, 0.05) is 24.2 Å². The van der Waals surface area contributed by atoms with Gasteiger partial charge < -0.3 is 35.4 Å². The first kappa shape index (κ1) is 30.1. The summed E-state index contributed by atoms with van der Waals surface area (Å²) < 4.78 is 11.5. The van der Waals surface area contributed by atoms with Gasteiger partial charge in [-0.15, -0.1) is 0 Å². The summed E-state index contributed by atoms with van der Waals surface area (Å²) in [4.78, 5) is 12.2. The van der Waals surface area contributed by atoms with Gasteiger partial charge in [-0.3, -0.25) is 4.79 Å². The van der Waals surface area contributed by atoms with Crippen LogP contribution in [0.3, 0.4) is 0 Å². The van der Waals surface area contributed by atoms with Crippen molar-refractivity contribution in [3.05, 3.63) is 94.5 Å². The van der Waals surface area contributed by atoms with Crippen LogP contribution in [0.5, 0.6) is 11.5 Å². The molecule has 0 unspecified atom stereocenters. The topological polar surface area (TPSA) is 120 Å². The standard InChI is InChI=1S/C31H40N2O6/c1-2-3-14-33-31(37)26-6-4-5-24(18-26)22-38-16-17-39-28-10-7-23(8-11-28)13-15-32-20-30(36)25-9-12-29(35)27(19-25)21-34/h4-12,18-19,30,32,34-36H,2-3,13-17,20-22H2,1H3,(H,33,37)/t30-/m1/s1. The van der Waals surface area contributed by atoms with E-state index in [0.717, 1.165) is 36.1 Å². The summed E-state index contributed by atoms with van der Waals surface area (Å²) in [5.74, 6) is 0.729. The summed E-state index contributed by atoms with van der Waals surface area (Å²) >= 11 is 0. The van der Waals surface area contributed by atoms with Gasteiger partial charge in [-0.2, -0.15) is 0 Å². The number of hydrogen-bond acceptors (Lipinski definition) is 7. The Balaban J connectivity index is 1.30. The number of hydrogen-bond donors (Lipinski definition) is 5. The van der Waals surface area contributed by atoms with Crippen LogP contribution < -0.4 is 15.4 Å². The second-order valence-electron chi connectivity index (χ2n) is 9.37. The monoisotopic (exact) mass is 536 g/mol. The molecule has 0 aromatic heterocycles. The first-order valence-corrected chi connectivity index (χ1v) is 13.5. The number of rotatable bonds is 17. The molecule has 8 nitrogen and oxygen atoms in total. The van der Waals surface area contributed by atoms with Crippen LogP contribution in [0.4, 0.5) is 0 Å². The van der Waals surface area contributed by atoms with Gasteiger partial charge in [0.2, 0.25) is 0 Å². The molecule has 3 rings (SSSR count). The van der Waals surface area contributed by atoms with Crippen LogP contribution in [0.25, 0.3) is 0 Å². The molecule has 3 aromatic carbocycles. The largest absolute Gasteiger partial charge is 0.508 e. The first-order valence-electron chi connectivity index (χ1n) is 13.5. The van der Waals surface area contributed by atoms with E-state index in [-0.39, 0.29) is 18.3 Å². The summed E-state index contributed by atoms with van der Waals surface area (Å²) in [6, 6.07) is 20.1.